The monoisotopic (exact) mass is 410 g/mol. The number of hydrogen-bond acceptors (Lipinski definition) is 4. The van der Waals surface area contributed by atoms with E-state index >= 15 is 0 Å². The molecule has 4 rings (SSSR count). The van der Waals surface area contributed by atoms with Crippen LogP contribution in [0.1, 0.15) is 16.2 Å². The number of imidazole rings is 1. The van der Waals surface area contributed by atoms with Crippen LogP contribution in [0, 0.1) is 11.6 Å². The molecule has 0 fully saturated rings. The van der Waals surface area contributed by atoms with Gasteiger partial charge in [0, 0.05) is 13.1 Å². The minimum atomic E-state index is -1.04. The number of carbonyl (C=O) groups is 1. The number of nitrogens with zero attached hydrogens (tertiary/aromatic N) is 2. The van der Waals surface area contributed by atoms with E-state index in [4.69, 9.17) is 14.6 Å². The molecule has 1 heterocycles. The summed E-state index contributed by atoms with van der Waals surface area (Å²) in [6.07, 6.45) is 0. The number of rotatable bonds is 6. The summed E-state index contributed by atoms with van der Waals surface area (Å²) in [6, 6.07) is 14.5. The molecule has 0 bridgehead atoms. The Hall–Kier alpha value is -3.94. The van der Waals surface area contributed by atoms with Crippen LogP contribution in [0.2, 0.25) is 0 Å². The van der Waals surface area contributed by atoms with Gasteiger partial charge in [-0.25, -0.2) is 18.6 Å². The summed E-state index contributed by atoms with van der Waals surface area (Å²) in [6.45, 7) is 0.104. The lowest BCUT2D eigenvalue weighted by Crippen LogP contribution is -2.04. The number of aromatic nitrogens is 2. The molecule has 0 aliphatic rings. The summed E-state index contributed by atoms with van der Waals surface area (Å²) in [5, 5.41) is 9.07. The first kappa shape index (κ1) is 19.4. The van der Waals surface area contributed by atoms with Crippen LogP contribution in [0.15, 0.2) is 60.7 Å². The summed E-state index contributed by atoms with van der Waals surface area (Å²) >= 11 is 0. The van der Waals surface area contributed by atoms with Gasteiger partial charge in [0.2, 0.25) is 0 Å². The summed E-state index contributed by atoms with van der Waals surface area (Å²) in [5.41, 5.74) is 1.46. The summed E-state index contributed by atoms with van der Waals surface area (Å²) < 4.78 is 40.5. The van der Waals surface area contributed by atoms with Gasteiger partial charge in [0.1, 0.15) is 23.9 Å². The van der Waals surface area contributed by atoms with E-state index in [1.165, 1.54) is 18.2 Å². The normalized spacial score (nSPS) is 10.9. The van der Waals surface area contributed by atoms with E-state index in [0.717, 1.165) is 12.1 Å². The third-order valence-electron chi connectivity index (χ3n) is 4.53. The molecule has 30 heavy (non-hydrogen) atoms. The minimum Gasteiger partial charge on any atom is -0.486 e. The molecule has 6 nitrogen and oxygen atoms in total. The summed E-state index contributed by atoms with van der Waals surface area (Å²) in [4.78, 5) is 15.6. The molecule has 0 aliphatic carbocycles. The van der Waals surface area contributed by atoms with Gasteiger partial charge in [-0.3, -0.25) is 0 Å². The third-order valence-corrected chi connectivity index (χ3v) is 4.53. The Bertz CT molecular complexity index is 1230. The molecule has 152 valence electrons. The molecule has 4 aromatic rings. The molecule has 0 spiro atoms. The zero-order chi connectivity index (χ0) is 21.3. The molecule has 0 unspecified atom stereocenters. The van der Waals surface area contributed by atoms with E-state index in [-0.39, 0.29) is 17.9 Å². The average molecular weight is 410 g/mol. The number of carboxylic acids is 1. The SMILES string of the molecule is Cn1c(COc2cccc(C(=O)O)c2)nc2ccc(Oc3c(F)cccc3F)cc21. The quantitative estimate of drug-likeness (QED) is 0.488. The van der Waals surface area contributed by atoms with Crippen LogP contribution in [0.5, 0.6) is 17.2 Å². The standard InChI is InChI=1S/C22H16F2N2O4/c1-26-19-11-15(30-21-16(23)6-3-7-17(21)24)8-9-18(19)25-20(26)12-29-14-5-2-4-13(10-14)22(27)28/h2-11H,12H2,1H3,(H,27,28). The van der Waals surface area contributed by atoms with Gasteiger partial charge < -0.3 is 19.1 Å². The van der Waals surface area contributed by atoms with Gasteiger partial charge in [-0.1, -0.05) is 12.1 Å². The Morgan fingerprint density at radius 3 is 2.50 bits per heavy atom. The Morgan fingerprint density at radius 2 is 1.77 bits per heavy atom. The zero-order valence-corrected chi connectivity index (χ0v) is 15.8. The van der Waals surface area contributed by atoms with Crippen LogP contribution < -0.4 is 9.47 Å². The molecular weight excluding hydrogens is 394 g/mol. The molecule has 3 aromatic carbocycles. The summed E-state index contributed by atoms with van der Waals surface area (Å²) in [5.74, 6) is -1.85. The van der Waals surface area contributed by atoms with Crippen molar-refractivity contribution in [3.63, 3.8) is 0 Å². The van der Waals surface area contributed by atoms with Crippen molar-refractivity contribution in [3.05, 3.63) is 83.7 Å². The van der Waals surface area contributed by atoms with Gasteiger partial charge in [-0.05, 0) is 42.5 Å². The van der Waals surface area contributed by atoms with Gasteiger partial charge in [0.05, 0.1) is 16.6 Å². The Labute approximate surface area is 169 Å². The van der Waals surface area contributed by atoms with E-state index in [1.54, 1.807) is 41.9 Å². The zero-order valence-electron chi connectivity index (χ0n) is 15.8. The Balaban J connectivity index is 1.57. The van der Waals surface area contributed by atoms with Gasteiger partial charge >= 0.3 is 5.97 Å². The van der Waals surface area contributed by atoms with Crippen LogP contribution in [0.3, 0.4) is 0 Å². The first-order chi connectivity index (χ1) is 14.4. The molecule has 0 amide bonds. The van der Waals surface area contributed by atoms with Crippen molar-refractivity contribution >= 4 is 17.0 Å². The van der Waals surface area contributed by atoms with E-state index in [9.17, 15) is 13.6 Å². The predicted octanol–water partition coefficient (Wildman–Crippen LogP) is 4.92. The van der Waals surface area contributed by atoms with Gasteiger partial charge in [0.25, 0.3) is 0 Å². The van der Waals surface area contributed by atoms with Crippen molar-refractivity contribution in [1.29, 1.82) is 0 Å². The predicted molar refractivity (Wildman–Crippen MR) is 105 cm³/mol. The van der Waals surface area contributed by atoms with E-state index in [1.807, 2.05) is 0 Å². The maximum atomic E-state index is 13.8. The van der Waals surface area contributed by atoms with Crippen LogP contribution >= 0.6 is 0 Å². The lowest BCUT2D eigenvalue weighted by Gasteiger charge is -2.08. The minimum absolute atomic E-state index is 0.104. The lowest BCUT2D eigenvalue weighted by atomic mass is 10.2. The highest BCUT2D eigenvalue weighted by molar-refractivity contribution is 5.88. The van der Waals surface area contributed by atoms with Crippen molar-refractivity contribution in [1.82, 2.24) is 9.55 Å². The lowest BCUT2D eigenvalue weighted by molar-refractivity contribution is 0.0696. The molecule has 0 saturated heterocycles. The van der Waals surface area contributed by atoms with E-state index in [2.05, 4.69) is 4.98 Å². The topological polar surface area (TPSA) is 73.6 Å². The number of aromatic carboxylic acids is 1. The third kappa shape index (κ3) is 3.80. The Morgan fingerprint density at radius 1 is 1.03 bits per heavy atom. The van der Waals surface area contributed by atoms with Gasteiger partial charge in [-0.15, -0.1) is 0 Å². The van der Waals surface area contributed by atoms with Crippen molar-refractivity contribution in [2.75, 3.05) is 0 Å². The van der Waals surface area contributed by atoms with Gasteiger partial charge in [-0.2, -0.15) is 0 Å². The van der Waals surface area contributed by atoms with Crippen LogP contribution in [0.4, 0.5) is 8.78 Å². The number of benzene rings is 3. The van der Waals surface area contributed by atoms with Crippen molar-refractivity contribution < 1.29 is 28.2 Å². The summed E-state index contributed by atoms with van der Waals surface area (Å²) in [7, 11) is 1.77. The second kappa shape index (κ2) is 7.82. The van der Waals surface area contributed by atoms with Crippen molar-refractivity contribution in [2.45, 2.75) is 6.61 Å². The maximum Gasteiger partial charge on any atom is 0.335 e. The number of fused-ring (bicyclic) bond motifs is 1. The first-order valence-electron chi connectivity index (χ1n) is 8.96. The highest BCUT2D eigenvalue weighted by atomic mass is 19.1. The molecule has 0 aliphatic heterocycles. The fraction of sp³-hybridized carbons (Fsp3) is 0.0909. The number of ether oxygens (including phenoxy) is 2. The van der Waals surface area contributed by atoms with Gasteiger partial charge in [0.15, 0.2) is 17.4 Å². The van der Waals surface area contributed by atoms with Crippen molar-refractivity contribution in [3.8, 4) is 17.2 Å². The highest BCUT2D eigenvalue weighted by Crippen LogP contribution is 2.30. The van der Waals surface area contributed by atoms with Crippen LogP contribution in [-0.4, -0.2) is 20.6 Å². The van der Waals surface area contributed by atoms with Crippen molar-refractivity contribution in [2.24, 2.45) is 7.05 Å². The van der Waals surface area contributed by atoms with Crippen LogP contribution in [0.25, 0.3) is 11.0 Å². The molecule has 0 radical (unpaired) electrons. The second-order valence-corrected chi connectivity index (χ2v) is 6.51. The largest absolute Gasteiger partial charge is 0.486 e. The molecule has 0 saturated carbocycles. The smallest absolute Gasteiger partial charge is 0.335 e. The second-order valence-electron chi connectivity index (χ2n) is 6.51. The maximum absolute atomic E-state index is 13.8. The molecule has 1 N–H and O–H groups in total. The fourth-order valence-electron chi connectivity index (χ4n) is 2.98. The number of para-hydroxylation sites is 1. The number of aryl methyl sites for hydroxylation is 1. The number of hydrogen-bond donors (Lipinski definition) is 1. The average Bonchev–Trinajstić information content (AvgIpc) is 3.05. The Kier molecular flexibility index (Phi) is 5.05. The molecule has 1 aromatic heterocycles. The molecule has 8 heteroatoms. The number of halogens is 2. The first-order valence-corrected chi connectivity index (χ1v) is 8.96. The van der Waals surface area contributed by atoms with E-state index < -0.39 is 23.4 Å². The number of carboxylic acid groups (broad SMARTS) is 1. The fourth-order valence-corrected chi connectivity index (χ4v) is 2.98. The van der Waals surface area contributed by atoms with E-state index in [0.29, 0.717) is 22.6 Å². The molecular formula is C22H16F2N2O4. The molecule has 0 atom stereocenters. The highest BCUT2D eigenvalue weighted by Gasteiger charge is 2.14. The van der Waals surface area contributed by atoms with Crippen LogP contribution in [-0.2, 0) is 13.7 Å².